The number of nitrogens with one attached hydrogen (secondary N) is 3. The maximum absolute atomic E-state index is 13.1. The standard InChI is InChI=1S/C23H36N4O5S2/c1-14(2)19(27-20(28)16(24)13-33)22(30)25-17(10-9-15-7-5-4-6-8-15)21(29)26-18(23(31)32)11-12-34-3/h4-8,14,16-19,33H,9-13,24H2,1-3H3,(H,25,30)(H,26,29)(H,27,28)(H,31,32)/t16-,17-,18-,19-/m0/s1. The van der Waals surface area contributed by atoms with Crippen molar-refractivity contribution < 1.29 is 24.3 Å². The molecule has 1 aromatic rings. The average Bonchev–Trinajstić information content (AvgIpc) is 2.81. The maximum atomic E-state index is 13.1. The van der Waals surface area contributed by atoms with Gasteiger partial charge < -0.3 is 26.8 Å². The Kier molecular flexibility index (Phi) is 13.7. The number of hydrogen-bond donors (Lipinski definition) is 6. The Morgan fingerprint density at radius 3 is 2.12 bits per heavy atom. The van der Waals surface area contributed by atoms with Gasteiger partial charge in [0.05, 0.1) is 6.04 Å². The van der Waals surface area contributed by atoms with Gasteiger partial charge in [0, 0.05) is 5.75 Å². The lowest BCUT2D eigenvalue weighted by molar-refractivity contribution is -0.142. The molecule has 0 heterocycles. The van der Waals surface area contributed by atoms with Crippen LogP contribution < -0.4 is 21.7 Å². The van der Waals surface area contributed by atoms with Crippen LogP contribution in [0, 0.1) is 5.92 Å². The number of thioether (sulfide) groups is 1. The van der Waals surface area contributed by atoms with Crippen LogP contribution in [0.15, 0.2) is 30.3 Å². The second-order valence-corrected chi connectivity index (χ2v) is 9.64. The highest BCUT2D eigenvalue weighted by atomic mass is 32.2. The number of carbonyl (C=O) groups excluding carboxylic acids is 3. The molecule has 34 heavy (non-hydrogen) atoms. The Hall–Kier alpha value is -2.24. The summed E-state index contributed by atoms with van der Waals surface area (Å²) >= 11 is 5.49. The van der Waals surface area contributed by atoms with Crippen molar-refractivity contribution in [2.75, 3.05) is 17.8 Å². The molecule has 6 N–H and O–H groups in total. The van der Waals surface area contributed by atoms with Crippen LogP contribution in [0.3, 0.4) is 0 Å². The van der Waals surface area contributed by atoms with Gasteiger partial charge in [-0.05, 0) is 42.8 Å². The van der Waals surface area contributed by atoms with Crippen LogP contribution in [-0.2, 0) is 25.6 Å². The fourth-order valence-electron chi connectivity index (χ4n) is 3.13. The van der Waals surface area contributed by atoms with E-state index in [4.69, 9.17) is 5.73 Å². The fraction of sp³-hybridized carbons (Fsp3) is 0.565. The number of carbonyl (C=O) groups is 4. The molecule has 0 aliphatic rings. The van der Waals surface area contributed by atoms with E-state index in [1.54, 1.807) is 13.8 Å². The third-order valence-electron chi connectivity index (χ3n) is 5.20. The van der Waals surface area contributed by atoms with Gasteiger partial charge in [-0.25, -0.2) is 4.79 Å². The van der Waals surface area contributed by atoms with Crippen LogP contribution in [0.5, 0.6) is 0 Å². The summed E-state index contributed by atoms with van der Waals surface area (Å²) in [7, 11) is 0. The summed E-state index contributed by atoms with van der Waals surface area (Å²) in [6, 6.07) is 5.60. The highest BCUT2D eigenvalue weighted by Gasteiger charge is 2.31. The molecule has 0 saturated heterocycles. The summed E-state index contributed by atoms with van der Waals surface area (Å²) in [5.74, 6) is -2.38. The lowest BCUT2D eigenvalue weighted by Gasteiger charge is -2.27. The quantitative estimate of drug-likeness (QED) is 0.190. The predicted octanol–water partition coefficient (Wildman–Crippen LogP) is 0.824. The van der Waals surface area contributed by atoms with Crippen molar-refractivity contribution in [3.8, 4) is 0 Å². The first-order valence-corrected chi connectivity index (χ1v) is 13.2. The average molecular weight is 513 g/mol. The van der Waals surface area contributed by atoms with E-state index in [1.165, 1.54) is 11.8 Å². The molecule has 0 aliphatic heterocycles. The number of rotatable bonds is 15. The molecule has 1 aromatic carbocycles. The summed E-state index contributed by atoms with van der Waals surface area (Å²) in [4.78, 5) is 49.9. The molecule has 0 fully saturated rings. The zero-order chi connectivity index (χ0) is 25.7. The van der Waals surface area contributed by atoms with Gasteiger partial charge in [-0.2, -0.15) is 24.4 Å². The molecule has 190 valence electrons. The van der Waals surface area contributed by atoms with Crippen LogP contribution >= 0.6 is 24.4 Å². The third kappa shape index (κ3) is 10.4. The minimum atomic E-state index is -1.14. The molecule has 0 bridgehead atoms. The third-order valence-corrected chi connectivity index (χ3v) is 6.24. The van der Waals surface area contributed by atoms with E-state index in [1.807, 2.05) is 36.6 Å². The van der Waals surface area contributed by atoms with E-state index in [9.17, 15) is 24.3 Å². The predicted molar refractivity (Wildman–Crippen MR) is 138 cm³/mol. The van der Waals surface area contributed by atoms with Gasteiger partial charge in [0.25, 0.3) is 0 Å². The zero-order valence-corrected chi connectivity index (χ0v) is 21.5. The van der Waals surface area contributed by atoms with Gasteiger partial charge in [-0.1, -0.05) is 44.2 Å². The summed E-state index contributed by atoms with van der Waals surface area (Å²) in [5, 5.41) is 17.4. The topological polar surface area (TPSA) is 151 Å². The second-order valence-electron chi connectivity index (χ2n) is 8.29. The smallest absolute Gasteiger partial charge is 0.326 e. The highest BCUT2D eigenvalue weighted by Crippen LogP contribution is 2.09. The summed E-state index contributed by atoms with van der Waals surface area (Å²) < 4.78 is 0. The molecule has 4 atom stereocenters. The first kappa shape index (κ1) is 29.8. The van der Waals surface area contributed by atoms with E-state index >= 15 is 0 Å². The Labute approximate surface area is 210 Å². The number of benzene rings is 1. The number of hydrogen-bond acceptors (Lipinski definition) is 7. The van der Waals surface area contributed by atoms with Crippen molar-refractivity contribution in [3.05, 3.63) is 35.9 Å². The maximum Gasteiger partial charge on any atom is 0.326 e. The van der Waals surface area contributed by atoms with E-state index < -0.39 is 47.9 Å². The van der Waals surface area contributed by atoms with E-state index in [-0.39, 0.29) is 24.5 Å². The number of thiol groups is 1. The molecular formula is C23H36N4O5S2. The number of aliphatic carboxylic acids is 1. The molecule has 0 aliphatic carbocycles. The van der Waals surface area contributed by atoms with Gasteiger partial charge >= 0.3 is 5.97 Å². The van der Waals surface area contributed by atoms with E-state index in [0.717, 1.165) is 5.56 Å². The monoisotopic (exact) mass is 512 g/mol. The van der Waals surface area contributed by atoms with Gasteiger partial charge in [0.15, 0.2) is 0 Å². The lowest BCUT2D eigenvalue weighted by Crippen LogP contribution is -2.58. The van der Waals surface area contributed by atoms with Gasteiger partial charge in [-0.3, -0.25) is 14.4 Å². The number of amides is 3. The molecule has 1 rings (SSSR count). The molecule has 0 aromatic heterocycles. The molecule has 11 heteroatoms. The molecule has 0 saturated carbocycles. The molecule has 0 radical (unpaired) electrons. The Morgan fingerprint density at radius 1 is 0.971 bits per heavy atom. The first-order chi connectivity index (χ1) is 16.1. The lowest BCUT2D eigenvalue weighted by atomic mass is 10.0. The van der Waals surface area contributed by atoms with Crippen LogP contribution in [-0.4, -0.2) is 70.7 Å². The second kappa shape index (κ2) is 15.6. The van der Waals surface area contributed by atoms with Crippen molar-refractivity contribution in [1.82, 2.24) is 16.0 Å². The van der Waals surface area contributed by atoms with Gasteiger partial charge in [0.1, 0.15) is 18.1 Å². The SMILES string of the molecule is CSCC[C@H](NC(=O)[C@H](CCc1ccccc1)NC(=O)[C@@H](NC(=O)[C@@H](N)CS)C(C)C)C(=O)O. The zero-order valence-electron chi connectivity index (χ0n) is 19.8. The molecule has 9 nitrogen and oxygen atoms in total. The molecular weight excluding hydrogens is 476 g/mol. The first-order valence-electron chi connectivity index (χ1n) is 11.1. The van der Waals surface area contributed by atoms with Crippen molar-refractivity contribution in [1.29, 1.82) is 0 Å². The van der Waals surface area contributed by atoms with Crippen LogP contribution in [0.2, 0.25) is 0 Å². The van der Waals surface area contributed by atoms with E-state index in [2.05, 4.69) is 28.6 Å². The van der Waals surface area contributed by atoms with Gasteiger partial charge in [-0.15, -0.1) is 0 Å². The highest BCUT2D eigenvalue weighted by molar-refractivity contribution is 7.98. The number of nitrogens with two attached hydrogens (primary N) is 1. The minimum Gasteiger partial charge on any atom is -0.480 e. The Balaban J connectivity index is 3.02. The molecule has 0 unspecified atom stereocenters. The summed E-state index contributed by atoms with van der Waals surface area (Å²) in [6.45, 7) is 3.53. The van der Waals surface area contributed by atoms with Crippen molar-refractivity contribution >= 4 is 48.1 Å². The summed E-state index contributed by atoms with van der Waals surface area (Å²) in [6.07, 6.45) is 2.85. The Bertz CT molecular complexity index is 810. The minimum absolute atomic E-state index is 0.118. The summed E-state index contributed by atoms with van der Waals surface area (Å²) in [5.41, 5.74) is 6.68. The number of aryl methyl sites for hydroxylation is 1. The largest absolute Gasteiger partial charge is 0.480 e. The van der Waals surface area contributed by atoms with Gasteiger partial charge in [0.2, 0.25) is 17.7 Å². The van der Waals surface area contributed by atoms with Crippen molar-refractivity contribution in [2.45, 2.75) is 57.3 Å². The number of carboxylic acids is 1. The Morgan fingerprint density at radius 2 is 1.59 bits per heavy atom. The van der Waals surface area contributed by atoms with Crippen LogP contribution in [0.4, 0.5) is 0 Å². The normalized spacial score (nSPS) is 14.5. The fourth-order valence-corrected chi connectivity index (χ4v) is 3.77. The van der Waals surface area contributed by atoms with E-state index in [0.29, 0.717) is 12.2 Å². The van der Waals surface area contributed by atoms with Crippen LogP contribution in [0.1, 0.15) is 32.3 Å². The van der Waals surface area contributed by atoms with Crippen molar-refractivity contribution in [2.24, 2.45) is 11.7 Å². The molecule has 3 amide bonds. The van der Waals surface area contributed by atoms with Crippen LogP contribution in [0.25, 0.3) is 0 Å². The van der Waals surface area contributed by atoms with Crippen molar-refractivity contribution in [3.63, 3.8) is 0 Å². The molecule has 0 spiro atoms. The number of carboxylic acid groups (broad SMARTS) is 1.